The fraction of sp³-hybridized carbons (Fsp3) is 0.298. The van der Waals surface area contributed by atoms with Crippen LogP contribution in [0.25, 0.3) is 0 Å². The predicted octanol–water partition coefficient (Wildman–Crippen LogP) is 12.7. The number of carbonyl (C=O) groups excluding carboxylic acids is 4. The van der Waals surface area contributed by atoms with E-state index in [-0.39, 0.29) is 82.4 Å². The maximum atomic E-state index is 13.9. The molecule has 12 nitrogen and oxygen atoms in total. The van der Waals surface area contributed by atoms with Crippen molar-refractivity contribution in [2.24, 2.45) is 0 Å². The third-order valence-corrected chi connectivity index (χ3v) is 13.5. The summed E-state index contributed by atoms with van der Waals surface area (Å²) in [5.74, 6) is 0.194. The topological polar surface area (TPSA) is 130 Å². The van der Waals surface area contributed by atoms with E-state index < -0.39 is 23.3 Å². The van der Waals surface area contributed by atoms with Gasteiger partial charge in [0.15, 0.2) is 11.6 Å². The molecule has 0 spiro atoms. The van der Waals surface area contributed by atoms with Crippen LogP contribution in [0.3, 0.4) is 0 Å². The second kappa shape index (κ2) is 26.4. The van der Waals surface area contributed by atoms with Gasteiger partial charge < -0.3 is 28.0 Å². The summed E-state index contributed by atoms with van der Waals surface area (Å²) in [5, 5.41) is 0. The van der Waals surface area contributed by atoms with Gasteiger partial charge in [0.25, 0.3) is 0 Å². The molecule has 2 saturated heterocycles. The third-order valence-electron chi connectivity index (χ3n) is 13.2. The van der Waals surface area contributed by atoms with Crippen LogP contribution >= 0.6 is 18.9 Å². The third kappa shape index (κ3) is 13.5. The first-order chi connectivity index (χ1) is 34.9. The zero-order valence-corrected chi connectivity index (χ0v) is 42.4. The standard InChI is InChI=1S/2C28H29FNO5P.CH4/c2*1-20(31)28(19-35-36)16-15-26(30(28)27(32)34-17-21-7-3-2-4-8-21)22-11-13-24(14-12-22)33-18-23-9-5-6-10-25(23)29;/h2*2-14,26H,15-19,36H2,1H3;1H4/t2*26-,28-;/m11./s1. The van der Waals surface area contributed by atoms with Crippen molar-refractivity contribution in [2.75, 3.05) is 13.2 Å². The van der Waals surface area contributed by atoms with E-state index in [2.05, 4.69) is 18.9 Å². The van der Waals surface area contributed by atoms with Gasteiger partial charge in [0.05, 0.1) is 25.3 Å². The molecule has 0 N–H and O–H groups in total. The molecule has 73 heavy (non-hydrogen) atoms. The Bertz CT molecular complexity index is 2570. The van der Waals surface area contributed by atoms with Crippen LogP contribution in [0.1, 0.15) is 92.4 Å². The average Bonchev–Trinajstić information content (AvgIpc) is 3.99. The Morgan fingerprint density at radius 1 is 0.507 bits per heavy atom. The van der Waals surface area contributed by atoms with E-state index in [1.165, 1.54) is 35.8 Å². The number of ketones is 2. The molecule has 0 radical (unpaired) electrons. The zero-order valence-electron chi connectivity index (χ0n) is 40.1. The molecule has 0 aromatic heterocycles. The monoisotopic (exact) mass is 1030 g/mol. The number of ether oxygens (including phenoxy) is 4. The number of hydrogen-bond acceptors (Lipinski definition) is 10. The minimum Gasteiger partial charge on any atom is -0.489 e. The van der Waals surface area contributed by atoms with E-state index in [1.54, 1.807) is 60.7 Å². The van der Waals surface area contributed by atoms with E-state index in [0.29, 0.717) is 48.3 Å². The molecule has 8 rings (SSSR count). The lowest BCUT2D eigenvalue weighted by molar-refractivity contribution is -0.129. The summed E-state index contributed by atoms with van der Waals surface area (Å²) in [5.41, 5.74) is 2.08. The maximum Gasteiger partial charge on any atom is 0.411 e. The Morgan fingerprint density at radius 3 is 1.18 bits per heavy atom. The summed E-state index contributed by atoms with van der Waals surface area (Å²) in [7, 11) is 4.33. The highest BCUT2D eigenvalue weighted by atomic mass is 31.0. The summed E-state index contributed by atoms with van der Waals surface area (Å²) >= 11 is 0. The average molecular weight is 1040 g/mol. The molecule has 384 valence electrons. The number of nitrogens with zero attached hydrogens (tertiary/aromatic N) is 2. The van der Waals surface area contributed by atoms with E-state index >= 15 is 0 Å². The van der Waals surface area contributed by atoms with Crippen LogP contribution < -0.4 is 9.47 Å². The van der Waals surface area contributed by atoms with Crippen molar-refractivity contribution in [2.45, 2.75) is 96.5 Å². The first-order valence-electron chi connectivity index (χ1n) is 23.5. The molecule has 2 fully saturated rings. The van der Waals surface area contributed by atoms with Gasteiger partial charge in [-0.3, -0.25) is 19.4 Å². The Labute approximate surface area is 430 Å². The summed E-state index contributed by atoms with van der Waals surface area (Å²) in [6, 6.07) is 45.5. The zero-order chi connectivity index (χ0) is 51.1. The molecule has 2 heterocycles. The molecule has 0 saturated carbocycles. The molecular formula is C57H62F2N2O10P2. The van der Waals surface area contributed by atoms with Crippen molar-refractivity contribution < 1.29 is 56.0 Å². The van der Waals surface area contributed by atoms with E-state index in [9.17, 15) is 28.0 Å². The number of halogens is 2. The summed E-state index contributed by atoms with van der Waals surface area (Å²) in [6.07, 6.45) is 0.908. The first-order valence-corrected chi connectivity index (χ1v) is 24.4. The van der Waals surface area contributed by atoms with Crippen LogP contribution in [0, 0.1) is 11.6 Å². The van der Waals surface area contributed by atoms with Crippen LogP contribution in [-0.2, 0) is 54.5 Å². The highest BCUT2D eigenvalue weighted by Crippen LogP contribution is 2.46. The number of carbonyl (C=O) groups is 4. The molecule has 0 aliphatic carbocycles. The number of rotatable bonds is 18. The van der Waals surface area contributed by atoms with E-state index in [1.807, 2.05) is 84.9 Å². The largest absolute Gasteiger partial charge is 0.489 e. The number of Topliss-reactive ketones (excluding diaryl/α,β-unsaturated/α-hetero) is 2. The second-order valence-electron chi connectivity index (χ2n) is 17.6. The van der Waals surface area contributed by atoms with Crippen LogP contribution in [0.2, 0.25) is 0 Å². The molecule has 6 atom stereocenters. The Kier molecular flexibility index (Phi) is 20.2. The van der Waals surface area contributed by atoms with Gasteiger partial charge in [-0.2, -0.15) is 0 Å². The van der Waals surface area contributed by atoms with Gasteiger partial charge in [0, 0.05) is 30.1 Å². The Hall–Kier alpha value is -6.56. The molecule has 16 heteroatoms. The fourth-order valence-corrected chi connectivity index (χ4v) is 9.79. The van der Waals surface area contributed by atoms with Gasteiger partial charge in [-0.15, -0.1) is 0 Å². The van der Waals surface area contributed by atoms with Crippen LogP contribution in [-0.4, -0.2) is 57.8 Å². The van der Waals surface area contributed by atoms with Crippen molar-refractivity contribution in [3.8, 4) is 11.5 Å². The molecule has 0 bridgehead atoms. The lowest BCUT2D eigenvalue weighted by atomic mass is 9.93. The highest BCUT2D eigenvalue weighted by molar-refractivity contribution is 7.10. The van der Waals surface area contributed by atoms with Gasteiger partial charge in [0.2, 0.25) is 0 Å². The molecule has 2 aliphatic rings. The van der Waals surface area contributed by atoms with Crippen LogP contribution in [0.5, 0.6) is 11.5 Å². The smallest absolute Gasteiger partial charge is 0.411 e. The van der Waals surface area contributed by atoms with Crippen LogP contribution in [0.4, 0.5) is 18.4 Å². The predicted molar refractivity (Wildman–Crippen MR) is 280 cm³/mol. The molecular weight excluding hydrogens is 973 g/mol. The molecule has 2 aliphatic heterocycles. The molecule has 2 unspecified atom stereocenters. The molecule has 2 amide bonds. The number of amides is 2. The first kappa shape index (κ1) is 55.7. The lowest BCUT2D eigenvalue weighted by Gasteiger charge is -2.38. The Morgan fingerprint density at radius 2 is 0.849 bits per heavy atom. The van der Waals surface area contributed by atoms with Crippen LogP contribution in [0.15, 0.2) is 158 Å². The van der Waals surface area contributed by atoms with E-state index in [0.717, 1.165) is 22.3 Å². The van der Waals surface area contributed by atoms with E-state index in [4.69, 9.17) is 28.0 Å². The Balaban J connectivity index is 0.000000235. The highest BCUT2D eigenvalue weighted by Gasteiger charge is 2.55. The molecule has 6 aromatic rings. The molecule has 6 aromatic carbocycles. The van der Waals surface area contributed by atoms with Gasteiger partial charge in [0.1, 0.15) is 60.6 Å². The van der Waals surface area contributed by atoms with Crippen molar-refractivity contribution >= 4 is 42.7 Å². The second-order valence-corrected chi connectivity index (χ2v) is 18.3. The van der Waals surface area contributed by atoms with Gasteiger partial charge >= 0.3 is 12.2 Å². The van der Waals surface area contributed by atoms with Crippen molar-refractivity contribution in [1.82, 2.24) is 9.80 Å². The normalized spacial score (nSPS) is 18.9. The minimum absolute atomic E-state index is 0. The summed E-state index contributed by atoms with van der Waals surface area (Å²) < 4.78 is 61.2. The summed E-state index contributed by atoms with van der Waals surface area (Å²) in [6.45, 7) is 3.45. The van der Waals surface area contributed by atoms with Gasteiger partial charge in [-0.1, -0.05) is 129 Å². The fourth-order valence-electron chi connectivity index (χ4n) is 9.24. The number of likely N-dealkylation sites (tertiary alicyclic amines) is 2. The van der Waals surface area contributed by atoms with Gasteiger partial charge in [-0.05, 0) is 98.2 Å². The van der Waals surface area contributed by atoms with Crippen molar-refractivity contribution in [1.29, 1.82) is 0 Å². The summed E-state index contributed by atoms with van der Waals surface area (Å²) in [4.78, 5) is 55.5. The van der Waals surface area contributed by atoms with Gasteiger partial charge in [-0.25, -0.2) is 18.4 Å². The number of benzene rings is 6. The lowest BCUT2D eigenvalue weighted by Crippen LogP contribution is -2.55. The van der Waals surface area contributed by atoms with Crippen molar-refractivity contribution in [3.63, 3.8) is 0 Å². The minimum atomic E-state index is -1.12. The SMILES string of the molecule is C.CC(=O)[C@]1(COP)CC[C@H](c2ccc(OCc3ccccc3F)cc2)N1C(=O)OCc1ccccc1.CC(=O)[C@]1(COP)CC[C@H](c2ccc(OCc3ccccc3F)cc2)N1C(=O)OCc1ccccc1. The van der Waals surface area contributed by atoms with Crippen molar-refractivity contribution in [3.05, 3.63) is 203 Å². The number of hydrogen-bond donors (Lipinski definition) is 0. The quantitative estimate of drug-likeness (QED) is 0.0767. The maximum absolute atomic E-state index is 13.9.